The van der Waals surface area contributed by atoms with Crippen LogP contribution in [0.5, 0.6) is 0 Å². The number of hydrogen-bond acceptors (Lipinski definition) is 7. The maximum atomic E-state index is 12.5. The van der Waals surface area contributed by atoms with Crippen molar-refractivity contribution in [2.75, 3.05) is 6.54 Å². The summed E-state index contributed by atoms with van der Waals surface area (Å²) in [5.74, 6) is -3.87. The normalized spacial score (nSPS) is 18.2. The molecule has 27 heavy (non-hydrogen) atoms. The number of carbonyl (C=O) groups excluding carboxylic acids is 5. The van der Waals surface area contributed by atoms with Gasteiger partial charge in [-0.15, -0.1) is 0 Å². The largest absolute Gasteiger partial charge is 0.460 e. The predicted octanol–water partition coefficient (Wildman–Crippen LogP) is -0.448. The molecule has 0 saturated carbocycles. The quantitative estimate of drug-likeness (QED) is 0.370. The first-order valence-corrected chi connectivity index (χ1v) is 8.11. The second-order valence-electron chi connectivity index (χ2n) is 6.79. The zero-order valence-corrected chi connectivity index (χ0v) is 15.1. The van der Waals surface area contributed by atoms with Crippen LogP contribution in [-0.4, -0.2) is 68.6 Å². The van der Waals surface area contributed by atoms with Gasteiger partial charge in [0.2, 0.25) is 0 Å². The average Bonchev–Trinajstić information content (AvgIpc) is 3.03. The minimum Gasteiger partial charge on any atom is -0.460 e. The van der Waals surface area contributed by atoms with E-state index < -0.39 is 53.9 Å². The fraction of sp³-hybridized carbons (Fsp3) is 0.500. The molecule has 2 rings (SSSR count). The molecule has 0 aromatic rings. The van der Waals surface area contributed by atoms with Crippen molar-refractivity contribution in [3.63, 3.8) is 0 Å². The van der Waals surface area contributed by atoms with Gasteiger partial charge in [-0.25, -0.2) is 14.4 Å². The van der Waals surface area contributed by atoms with Gasteiger partial charge in [-0.3, -0.25) is 14.5 Å². The number of rotatable bonds is 5. The number of hydrogen-bond donors (Lipinski definition) is 2. The number of nitrogens with one attached hydrogen (secondary N) is 1. The maximum absolute atomic E-state index is 12.5. The molecule has 0 aromatic carbocycles. The van der Waals surface area contributed by atoms with Gasteiger partial charge in [0.15, 0.2) is 6.04 Å². The number of hydroxylamine groups is 1. The Morgan fingerprint density at radius 1 is 1.22 bits per heavy atom. The second kappa shape index (κ2) is 7.56. The van der Waals surface area contributed by atoms with E-state index in [1.165, 1.54) is 0 Å². The summed E-state index contributed by atoms with van der Waals surface area (Å²) in [7, 11) is 0. The number of carbonyl (C=O) groups is 5. The van der Waals surface area contributed by atoms with E-state index in [9.17, 15) is 29.1 Å². The van der Waals surface area contributed by atoms with Gasteiger partial charge in [-0.2, -0.15) is 4.84 Å². The van der Waals surface area contributed by atoms with E-state index in [0.717, 1.165) is 12.2 Å². The molecule has 1 atom stereocenters. The molecule has 0 bridgehead atoms. The maximum Gasteiger partial charge on any atom is 0.439 e. The summed E-state index contributed by atoms with van der Waals surface area (Å²) in [6.07, 6.45) is 0.986. The van der Waals surface area contributed by atoms with Crippen molar-refractivity contribution in [2.45, 2.75) is 45.3 Å². The van der Waals surface area contributed by atoms with Crippen LogP contribution in [-0.2, 0) is 28.8 Å². The van der Waals surface area contributed by atoms with Gasteiger partial charge < -0.3 is 15.2 Å². The van der Waals surface area contributed by atoms with Gasteiger partial charge in [-0.05, 0) is 20.8 Å². The van der Waals surface area contributed by atoms with Crippen LogP contribution in [0.2, 0.25) is 0 Å². The Labute approximate surface area is 154 Å². The van der Waals surface area contributed by atoms with E-state index in [2.05, 4.69) is 5.32 Å². The molecule has 2 N–H and O–H groups in total. The molecule has 0 aliphatic carbocycles. The lowest BCUT2D eigenvalue weighted by molar-refractivity contribution is -0.694. The molecule has 4 amide bonds. The van der Waals surface area contributed by atoms with Crippen LogP contribution < -0.4 is 5.32 Å². The Morgan fingerprint density at radius 3 is 2.30 bits per heavy atom. The summed E-state index contributed by atoms with van der Waals surface area (Å²) in [5.41, 5.74) is -0.802. The Bertz CT molecular complexity index is 744. The zero-order chi connectivity index (χ0) is 20.4. The Hall–Kier alpha value is -3.24. The average molecular weight is 382 g/mol. The lowest BCUT2D eigenvalue weighted by Crippen LogP contribution is -2.53. The highest BCUT2D eigenvalue weighted by atomic mass is 16.7. The fourth-order valence-electron chi connectivity index (χ4n) is 2.31. The van der Waals surface area contributed by atoms with Crippen molar-refractivity contribution < 1.29 is 43.4 Å². The van der Waals surface area contributed by atoms with E-state index >= 15 is 0 Å². The van der Waals surface area contributed by atoms with E-state index in [0.29, 0.717) is 9.64 Å². The molecule has 2 aliphatic rings. The first-order chi connectivity index (χ1) is 12.5. The molecule has 0 radical (unpaired) electrons. The minimum absolute atomic E-state index is 0.00390. The van der Waals surface area contributed by atoms with E-state index in [1.54, 1.807) is 20.8 Å². The highest BCUT2D eigenvalue weighted by molar-refractivity contribution is 6.14. The number of nitrogens with zero attached hydrogens (tertiary/aromatic N) is 2. The van der Waals surface area contributed by atoms with Crippen LogP contribution in [0, 0.1) is 0 Å². The molecule has 0 aromatic heterocycles. The summed E-state index contributed by atoms with van der Waals surface area (Å²) in [5, 5.41) is 11.9. The predicted molar refractivity (Wildman–Crippen MR) is 87.2 cm³/mol. The highest BCUT2D eigenvalue weighted by Crippen LogP contribution is 2.13. The first kappa shape index (κ1) is 20.1. The molecule has 0 spiro atoms. The van der Waals surface area contributed by atoms with Crippen LogP contribution in [0.3, 0.4) is 0 Å². The third-order valence-electron chi connectivity index (χ3n) is 3.47. The number of imide groups is 1. The molecular formula is C16H20N3O8+. The third-order valence-corrected chi connectivity index (χ3v) is 3.47. The molecule has 0 unspecified atom stereocenters. The zero-order valence-electron chi connectivity index (χ0n) is 15.1. The number of aliphatic hydroxyl groups excluding tert-OH is 1. The second-order valence-corrected chi connectivity index (χ2v) is 6.79. The van der Waals surface area contributed by atoms with Crippen LogP contribution >= 0.6 is 0 Å². The Kier molecular flexibility index (Phi) is 5.62. The smallest absolute Gasteiger partial charge is 0.439 e. The van der Waals surface area contributed by atoms with Crippen molar-refractivity contribution in [1.29, 1.82) is 0 Å². The summed E-state index contributed by atoms with van der Waals surface area (Å²) >= 11 is 0. The molecule has 146 valence electrons. The lowest BCUT2D eigenvalue weighted by atomic mass is 10.2. The summed E-state index contributed by atoms with van der Waals surface area (Å²) in [4.78, 5) is 65.1. The molecule has 0 saturated heterocycles. The highest BCUT2D eigenvalue weighted by Gasteiger charge is 2.43. The minimum atomic E-state index is -1.56. The number of aliphatic hydroxyl groups is 1. The Morgan fingerprint density at radius 2 is 1.81 bits per heavy atom. The van der Waals surface area contributed by atoms with Gasteiger partial charge in [0.1, 0.15) is 5.60 Å². The van der Waals surface area contributed by atoms with Crippen molar-refractivity contribution >= 4 is 35.7 Å². The topological polar surface area (TPSA) is 142 Å². The molecule has 2 heterocycles. The number of ether oxygens (including phenoxy) is 1. The number of amides is 4. The summed E-state index contributed by atoms with van der Waals surface area (Å²) < 4.78 is 5.44. The SMILES string of the molecule is CC(C)(C)OC(=O)NC[C@@H](C(=O)O[N+]1=C(O)CCC1=O)N1C(=O)C=CC1=O. The van der Waals surface area contributed by atoms with Crippen LogP contribution in [0.25, 0.3) is 0 Å². The van der Waals surface area contributed by atoms with Crippen LogP contribution in [0.1, 0.15) is 33.6 Å². The van der Waals surface area contributed by atoms with E-state index in [1.807, 2.05) is 0 Å². The van der Waals surface area contributed by atoms with E-state index in [4.69, 9.17) is 9.57 Å². The van der Waals surface area contributed by atoms with Gasteiger partial charge in [-0.1, -0.05) is 0 Å². The standard InChI is InChI=1S/C16H19N3O8/c1-16(2,3)26-15(25)17-8-9(18-10(20)4-5-11(18)21)14(24)27-19-12(22)6-7-13(19)23/h4-5,9H,6-8H2,1-3H3,(H,17,25)/p+1/t9-/m0/s1. The van der Waals surface area contributed by atoms with Crippen molar-refractivity contribution in [2.24, 2.45) is 0 Å². The van der Waals surface area contributed by atoms with Crippen LogP contribution in [0.4, 0.5) is 4.79 Å². The van der Waals surface area contributed by atoms with Gasteiger partial charge in [0, 0.05) is 12.2 Å². The van der Waals surface area contributed by atoms with E-state index in [-0.39, 0.29) is 12.8 Å². The fourth-order valence-corrected chi connectivity index (χ4v) is 2.31. The lowest BCUT2D eigenvalue weighted by Gasteiger charge is -2.24. The van der Waals surface area contributed by atoms with Gasteiger partial charge in [0.05, 0.1) is 24.1 Å². The molecular weight excluding hydrogens is 362 g/mol. The summed E-state index contributed by atoms with van der Waals surface area (Å²) in [6, 6.07) is -1.56. The number of alkyl carbamates (subject to hydrolysis) is 1. The van der Waals surface area contributed by atoms with Crippen molar-refractivity contribution in [3.05, 3.63) is 12.2 Å². The molecule has 11 nitrogen and oxygen atoms in total. The molecule has 11 heteroatoms. The third kappa shape index (κ3) is 4.90. The monoisotopic (exact) mass is 382 g/mol. The van der Waals surface area contributed by atoms with Gasteiger partial charge >= 0.3 is 23.9 Å². The van der Waals surface area contributed by atoms with Crippen LogP contribution in [0.15, 0.2) is 12.2 Å². The Balaban J connectivity index is 2.15. The first-order valence-electron chi connectivity index (χ1n) is 8.11. The molecule has 2 aliphatic heterocycles. The van der Waals surface area contributed by atoms with Gasteiger partial charge in [0.25, 0.3) is 11.8 Å². The van der Waals surface area contributed by atoms with Crippen molar-refractivity contribution in [1.82, 2.24) is 10.2 Å². The van der Waals surface area contributed by atoms with Crippen molar-refractivity contribution in [3.8, 4) is 0 Å². The molecule has 0 fully saturated rings. The summed E-state index contributed by atoms with van der Waals surface area (Å²) in [6.45, 7) is 4.39.